The Morgan fingerprint density at radius 2 is 2.14 bits per heavy atom. The van der Waals surface area contributed by atoms with E-state index < -0.39 is 11.8 Å². The van der Waals surface area contributed by atoms with Crippen molar-refractivity contribution >= 4 is 23.2 Å². The Hall–Kier alpha value is -3.23. The van der Waals surface area contributed by atoms with Crippen molar-refractivity contribution in [1.82, 2.24) is 19.9 Å². The highest BCUT2D eigenvalue weighted by Gasteiger charge is 2.50. The summed E-state index contributed by atoms with van der Waals surface area (Å²) in [7, 11) is 0. The van der Waals surface area contributed by atoms with Gasteiger partial charge in [0, 0.05) is 12.0 Å². The maximum Gasteiger partial charge on any atom is 0.277 e. The Morgan fingerprint density at radius 1 is 1.36 bits per heavy atom. The van der Waals surface area contributed by atoms with Gasteiger partial charge in [0.1, 0.15) is 41.2 Å². The number of nitrogens with two attached hydrogens (primary N) is 1. The molecule has 28 heavy (non-hydrogen) atoms. The number of anilines is 3. The number of carbonyl (C=O) groups excluding carboxylic acids is 1. The zero-order chi connectivity index (χ0) is 19.6. The number of nitrogens with zero attached hydrogens (tertiary/aromatic N) is 3. The molecular formula is C19H19FN6O2. The number of nitrogen functional groups attached to an aromatic ring is 1. The summed E-state index contributed by atoms with van der Waals surface area (Å²) in [5, 5.41) is 5.93. The van der Waals surface area contributed by atoms with Crippen molar-refractivity contribution in [3.8, 4) is 0 Å². The van der Waals surface area contributed by atoms with E-state index in [-0.39, 0.29) is 28.9 Å². The molecule has 8 nitrogen and oxygen atoms in total. The lowest BCUT2D eigenvalue weighted by molar-refractivity contribution is 0.0937. The quantitative estimate of drug-likeness (QED) is 0.697. The molecule has 5 rings (SSSR count). The van der Waals surface area contributed by atoms with Crippen LogP contribution in [-0.2, 0) is 5.66 Å². The van der Waals surface area contributed by atoms with Crippen LogP contribution in [0.25, 0.3) is 0 Å². The summed E-state index contributed by atoms with van der Waals surface area (Å²) in [4.78, 5) is 33.8. The first-order valence-corrected chi connectivity index (χ1v) is 9.18. The van der Waals surface area contributed by atoms with E-state index in [1.165, 1.54) is 17.0 Å². The Kier molecular flexibility index (Phi) is 3.40. The summed E-state index contributed by atoms with van der Waals surface area (Å²) in [5.74, 6) is 0.286. The number of aryl methyl sites for hydroxylation is 1. The Labute approximate surface area is 159 Å². The fourth-order valence-electron chi connectivity index (χ4n) is 4.29. The third-order valence-electron chi connectivity index (χ3n) is 5.69. The lowest BCUT2D eigenvalue weighted by Gasteiger charge is -2.25. The van der Waals surface area contributed by atoms with Crippen LogP contribution in [0.1, 0.15) is 35.3 Å². The number of aromatic nitrogens is 3. The van der Waals surface area contributed by atoms with Crippen LogP contribution in [-0.4, -0.2) is 26.6 Å². The molecule has 9 heteroatoms. The summed E-state index contributed by atoms with van der Waals surface area (Å²) in [6.45, 7) is 1.78. The van der Waals surface area contributed by atoms with Crippen molar-refractivity contribution in [2.24, 2.45) is 5.92 Å². The van der Waals surface area contributed by atoms with E-state index in [4.69, 9.17) is 5.73 Å². The van der Waals surface area contributed by atoms with Crippen LogP contribution in [0.15, 0.2) is 34.9 Å². The van der Waals surface area contributed by atoms with Crippen molar-refractivity contribution < 1.29 is 9.18 Å². The van der Waals surface area contributed by atoms with Crippen LogP contribution < -0.4 is 21.9 Å². The van der Waals surface area contributed by atoms with Gasteiger partial charge in [-0.3, -0.25) is 14.2 Å². The summed E-state index contributed by atoms with van der Waals surface area (Å²) in [6, 6.07) is 3.15. The number of carbonyl (C=O) groups is 1. The Balaban J connectivity index is 1.62. The maximum absolute atomic E-state index is 13.5. The molecule has 1 spiro atoms. The molecule has 1 aliphatic heterocycles. The predicted molar refractivity (Wildman–Crippen MR) is 101 cm³/mol. The lowest BCUT2D eigenvalue weighted by Crippen LogP contribution is -2.44. The molecule has 0 aromatic carbocycles. The third-order valence-corrected chi connectivity index (χ3v) is 5.69. The van der Waals surface area contributed by atoms with Gasteiger partial charge in [-0.15, -0.1) is 0 Å². The highest BCUT2D eigenvalue weighted by molar-refractivity contribution is 5.97. The highest BCUT2D eigenvalue weighted by Crippen LogP contribution is 2.48. The van der Waals surface area contributed by atoms with Crippen molar-refractivity contribution in [3.63, 3.8) is 0 Å². The second-order valence-electron chi connectivity index (χ2n) is 7.64. The number of pyridine rings is 1. The SMILES string of the molecule is Cc1cc(Nc2cc(N)ncn2)c(=O)n2c1C(=O)NC21C=C(C2CC2F)CC1. The van der Waals surface area contributed by atoms with Gasteiger partial charge in [-0.25, -0.2) is 14.4 Å². The van der Waals surface area contributed by atoms with E-state index in [9.17, 15) is 14.0 Å². The van der Waals surface area contributed by atoms with E-state index in [0.29, 0.717) is 36.3 Å². The normalized spacial score (nSPS) is 27.5. The minimum Gasteiger partial charge on any atom is -0.384 e. The molecule has 3 aliphatic rings. The van der Waals surface area contributed by atoms with Gasteiger partial charge in [0.15, 0.2) is 0 Å². The molecule has 2 aromatic rings. The molecule has 2 aliphatic carbocycles. The zero-order valence-electron chi connectivity index (χ0n) is 15.2. The molecule has 4 N–H and O–H groups in total. The largest absolute Gasteiger partial charge is 0.384 e. The van der Waals surface area contributed by atoms with Gasteiger partial charge in [0.25, 0.3) is 11.5 Å². The monoisotopic (exact) mass is 382 g/mol. The van der Waals surface area contributed by atoms with Gasteiger partial charge in [-0.2, -0.15) is 0 Å². The predicted octanol–water partition coefficient (Wildman–Crippen LogP) is 1.75. The van der Waals surface area contributed by atoms with Crippen LogP contribution in [0.3, 0.4) is 0 Å². The summed E-state index contributed by atoms with van der Waals surface area (Å²) < 4.78 is 15.0. The molecule has 3 atom stereocenters. The van der Waals surface area contributed by atoms with Gasteiger partial charge in [0.05, 0.1) is 0 Å². The number of fused-ring (bicyclic) bond motifs is 2. The fraction of sp³-hybridized carbons (Fsp3) is 0.368. The number of halogens is 1. The van der Waals surface area contributed by atoms with Crippen molar-refractivity contribution in [2.45, 2.75) is 38.0 Å². The minimum atomic E-state index is -0.936. The topological polar surface area (TPSA) is 115 Å². The Bertz CT molecular complexity index is 1110. The number of nitrogens with one attached hydrogen (secondary N) is 2. The average molecular weight is 382 g/mol. The summed E-state index contributed by atoms with van der Waals surface area (Å²) >= 11 is 0. The molecule has 2 aromatic heterocycles. The van der Waals surface area contributed by atoms with Gasteiger partial charge >= 0.3 is 0 Å². The first-order chi connectivity index (χ1) is 13.4. The highest BCUT2D eigenvalue weighted by atomic mass is 19.1. The molecule has 144 valence electrons. The van der Waals surface area contributed by atoms with E-state index in [1.54, 1.807) is 13.0 Å². The van der Waals surface area contributed by atoms with Crippen molar-refractivity contribution in [3.05, 3.63) is 51.7 Å². The molecule has 1 fully saturated rings. The van der Waals surface area contributed by atoms with Crippen molar-refractivity contribution in [2.75, 3.05) is 11.1 Å². The molecule has 3 heterocycles. The van der Waals surface area contributed by atoms with Crippen molar-refractivity contribution in [1.29, 1.82) is 0 Å². The standard InChI is InChI=1S/C19H19FN6O2/c1-9-4-13(24-15-6-14(21)22-8-23-15)18(28)26-16(9)17(27)25-19(26)3-2-10(7-19)11-5-12(11)20/h4,6-8,11-12H,2-3,5H2,1H3,(H,25,27)(H3,21,22,23,24). The molecule has 0 bridgehead atoms. The smallest absolute Gasteiger partial charge is 0.277 e. The first kappa shape index (κ1) is 16.9. The number of hydrogen-bond acceptors (Lipinski definition) is 6. The third kappa shape index (κ3) is 2.42. The number of amides is 1. The van der Waals surface area contributed by atoms with Crippen LogP contribution in [0, 0.1) is 12.8 Å². The molecule has 3 unspecified atom stereocenters. The van der Waals surface area contributed by atoms with Gasteiger partial charge < -0.3 is 16.4 Å². The Morgan fingerprint density at radius 3 is 2.86 bits per heavy atom. The van der Waals surface area contributed by atoms with E-state index in [0.717, 1.165) is 5.57 Å². The number of alkyl halides is 1. The van der Waals surface area contributed by atoms with Crippen LogP contribution in [0.2, 0.25) is 0 Å². The summed E-state index contributed by atoms with van der Waals surface area (Å²) in [6.07, 6.45) is 4.08. The molecule has 1 amide bonds. The molecule has 0 saturated heterocycles. The number of hydrogen-bond donors (Lipinski definition) is 3. The maximum atomic E-state index is 13.5. The summed E-state index contributed by atoms with van der Waals surface area (Å²) in [5.41, 5.74) is 6.66. The van der Waals surface area contributed by atoms with E-state index >= 15 is 0 Å². The second kappa shape index (κ2) is 5.63. The second-order valence-corrected chi connectivity index (χ2v) is 7.64. The van der Waals surface area contributed by atoms with Gasteiger partial charge in [-0.1, -0.05) is 5.57 Å². The first-order valence-electron chi connectivity index (χ1n) is 9.18. The van der Waals surface area contributed by atoms with Crippen LogP contribution in [0.5, 0.6) is 0 Å². The number of rotatable bonds is 3. The number of allylic oxidation sites excluding steroid dienone is 1. The molecular weight excluding hydrogens is 363 g/mol. The van der Waals surface area contributed by atoms with E-state index in [2.05, 4.69) is 20.6 Å². The lowest BCUT2D eigenvalue weighted by atomic mass is 10.1. The zero-order valence-corrected chi connectivity index (χ0v) is 15.2. The van der Waals surface area contributed by atoms with Crippen LogP contribution in [0.4, 0.5) is 21.7 Å². The fourth-order valence-corrected chi connectivity index (χ4v) is 4.29. The molecule has 0 radical (unpaired) electrons. The van der Waals surface area contributed by atoms with Gasteiger partial charge in [-0.05, 0) is 43.9 Å². The van der Waals surface area contributed by atoms with Gasteiger partial charge in [0.2, 0.25) is 0 Å². The average Bonchev–Trinajstić information content (AvgIpc) is 3.10. The van der Waals surface area contributed by atoms with E-state index in [1.807, 2.05) is 6.08 Å². The van der Waals surface area contributed by atoms with Crippen LogP contribution >= 0.6 is 0 Å². The molecule has 1 saturated carbocycles. The minimum absolute atomic E-state index is 0.0811.